The quantitative estimate of drug-likeness (QED) is 0.654. The summed E-state index contributed by atoms with van der Waals surface area (Å²) in [5.74, 6) is -1.09. The Bertz CT molecular complexity index is 565. The molecule has 0 radical (unpaired) electrons. The van der Waals surface area contributed by atoms with Gasteiger partial charge in [-0.25, -0.2) is 8.78 Å². The predicted octanol–water partition coefficient (Wildman–Crippen LogP) is 1.91. The van der Waals surface area contributed by atoms with E-state index < -0.39 is 33.8 Å². The normalized spacial score (nSPS) is 18.3. The topological polar surface area (TPSA) is 84.3 Å². The van der Waals surface area contributed by atoms with Crippen molar-refractivity contribution in [2.45, 2.75) is 12.5 Å². The molecular weight excluding hydrogens is 304 g/mol. The van der Waals surface area contributed by atoms with Gasteiger partial charge in [-0.15, -0.1) is 0 Å². The maximum absolute atomic E-state index is 13.6. The number of anilines is 1. The Balaban J connectivity index is 2.11. The second kappa shape index (κ2) is 6.81. The third-order valence-electron chi connectivity index (χ3n) is 2.93. The second-order valence-electron chi connectivity index (χ2n) is 4.52. The van der Waals surface area contributed by atoms with Crippen molar-refractivity contribution in [2.75, 3.05) is 23.4 Å². The van der Waals surface area contributed by atoms with E-state index in [-0.39, 0.29) is 12.5 Å². The first-order valence-corrected chi connectivity index (χ1v) is 7.37. The van der Waals surface area contributed by atoms with E-state index in [0.29, 0.717) is 12.1 Å². The van der Waals surface area contributed by atoms with Gasteiger partial charge in [-0.3, -0.25) is 14.9 Å². The maximum Gasteiger partial charge on any atom is 0.298 e. The molecule has 1 aliphatic rings. The molecule has 0 spiro atoms. The summed E-state index contributed by atoms with van der Waals surface area (Å²) in [6, 6.07) is 1.01. The summed E-state index contributed by atoms with van der Waals surface area (Å²) in [5.41, 5.74) is -1.40. The minimum atomic E-state index is -1.17. The van der Waals surface area contributed by atoms with Crippen molar-refractivity contribution in [3.05, 3.63) is 33.9 Å². The lowest BCUT2D eigenvalue weighted by atomic mass is 10.2. The fourth-order valence-electron chi connectivity index (χ4n) is 1.99. The van der Waals surface area contributed by atoms with Crippen LogP contribution >= 0.6 is 11.8 Å². The number of nitro groups is 1. The molecule has 1 heterocycles. The molecule has 1 aromatic rings. The predicted molar refractivity (Wildman–Crippen MR) is 75.4 cm³/mol. The Labute approximate surface area is 123 Å². The van der Waals surface area contributed by atoms with Gasteiger partial charge in [0.15, 0.2) is 11.5 Å². The number of carbonyl (C=O) groups is 1. The first-order valence-electron chi connectivity index (χ1n) is 6.22. The van der Waals surface area contributed by atoms with Crippen LogP contribution in [0.4, 0.5) is 20.2 Å². The highest BCUT2D eigenvalue weighted by molar-refractivity contribution is 7.99. The minimum Gasteiger partial charge on any atom is -0.318 e. The van der Waals surface area contributed by atoms with E-state index in [1.807, 2.05) is 0 Å². The van der Waals surface area contributed by atoms with Gasteiger partial charge in [-0.2, -0.15) is 11.8 Å². The number of hydrogen-bond donors (Lipinski definition) is 2. The molecule has 21 heavy (non-hydrogen) atoms. The van der Waals surface area contributed by atoms with Crippen LogP contribution < -0.4 is 10.6 Å². The monoisotopic (exact) mass is 317 g/mol. The number of carbonyl (C=O) groups excluding carboxylic acids is 1. The molecule has 114 valence electrons. The van der Waals surface area contributed by atoms with Crippen LogP contribution in [-0.2, 0) is 4.79 Å². The summed E-state index contributed by atoms with van der Waals surface area (Å²) in [7, 11) is 0. The van der Waals surface area contributed by atoms with Crippen molar-refractivity contribution in [2.24, 2.45) is 0 Å². The number of benzene rings is 1. The molecular formula is C12H13F2N3O3S. The van der Waals surface area contributed by atoms with E-state index >= 15 is 0 Å². The molecule has 2 N–H and O–H groups in total. The van der Waals surface area contributed by atoms with Gasteiger partial charge in [-0.05, 0) is 0 Å². The molecule has 0 aliphatic carbocycles. The second-order valence-corrected chi connectivity index (χ2v) is 5.67. The zero-order valence-electron chi connectivity index (χ0n) is 10.9. The summed E-state index contributed by atoms with van der Waals surface area (Å²) in [4.78, 5) is 21.7. The Morgan fingerprint density at radius 2 is 2.29 bits per heavy atom. The maximum atomic E-state index is 13.6. The van der Waals surface area contributed by atoms with Crippen molar-refractivity contribution in [3.8, 4) is 0 Å². The van der Waals surface area contributed by atoms with Crippen LogP contribution in [0, 0.1) is 21.7 Å². The Morgan fingerprint density at radius 3 is 2.90 bits per heavy atom. The lowest BCUT2D eigenvalue weighted by molar-refractivity contribution is -0.384. The van der Waals surface area contributed by atoms with Crippen molar-refractivity contribution >= 4 is 29.0 Å². The number of hydrogen-bond acceptors (Lipinski definition) is 5. The number of amides is 1. The highest BCUT2D eigenvalue weighted by Crippen LogP contribution is 2.28. The smallest absolute Gasteiger partial charge is 0.298 e. The molecule has 1 aromatic carbocycles. The largest absolute Gasteiger partial charge is 0.318 e. The molecule has 1 amide bonds. The number of thioether (sulfide) groups is 1. The molecule has 0 saturated carbocycles. The van der Waals surface area contributed by atoms with Crippen LogP contribution in [0.3, 0.4) is 0 Å². The van der Waals surface area contributed by atoms with Crippen molar-refractivity contribution in [1.82, 2.24) is 5.32 Å². The zero-order chi connectivity index (χ0) is 15.4. The van der Waals surface area contributed by atoms with E-state index in [1.165, 1.54) is 0 Å². The van der Waals surface area contributed by atoms with Gasteiger partial charge in [-0.1, -0.05) is 0 Å². The fraction of sp³-hybridized carbons (Fsp3) is 0.417. The van der Waals surface area contributed by atoms with Gasteiger partial charge in [0.05, 0.1) is 11.0 Å². The summed E-state index contributed by atoms with van der Waals surface area (Å²) >= 11 is 1.69. The summed E-state index contributed by atoms with van der Waals surface area (Å²) < 4.78 is 26.6. The van der Waals surface area contributed by atoms with E-state index in [9.17, 15) is 23.7 Å². The molecule has 1 atom stereocenters. The molecule has 1 unspecified atom stereocenters. The van der Waals surface area contributed by atoms with Crippen LogP contribution in [-0.4, -0.2) is 34.9 Å². The fourth-order valence-corrected chi connectivity index (χ4v) is 2.94. The molecule has 1 saturated heterocycles. The van der Waals surface area contributed by atoms with Crippen molar-refractivity contribution in [1.29, 1.82) is 0 Å². The minimum absolute atomic E-state index is 0.0636. The lowest BCUT2D eigenvalue weighted by Crippen LogP contribution is -2.40. The summed E-state index contributed by atoms with van der Waals surface area (Å²) in [5, 5.41) is 16.1. The number of halogens is 2. The highest BCUT2D eigenvalue weighted by atomic mass is 32.2. The van der Waals surface area contributed by atoms with Crippen LogP contribution in [0.25, 0.3) is 0 Å². The first-order chi connectivity index (χ1) is 9.97. The van der Waals surface area contributed by atoms with Gasteiger partial charge in [0.2, 0.25) is 5.91 Å². The van der Waals surface area contributed by atoms with E-state index in [4.69, 9.17) is 0 Å². The van der Waals surface area contributed by atoms with Crippen LogP contribution in [0.15, 0.2) is 12.1 Å². The average Bonchev–Trinajstić information content (AvgIpc) is 2.42. The van der Waals surface area contributed by atoms with E-state index in [0.717, 1.165) is 18.1 Å². The van der Waals surface area contributed by atoms with Gasteiger partial charge in [0, 0.05) is 36.6 Å². The molecule has 0 bridgehead atoms. The summed E-state index contributed by atoms with van der Waals surface area (Å²) in [6.45, 7) is 0.771. The molecule has 2 rings (SSSR count). The third kappa shape index (κ3) is 4.11. The van der Waals surface area contributed by atoms with Crippen LogP contribution in [0.5, 0.6) is 0 Å². The number of nitrogens with zero attached hydrogens (tertiary/aromatic N) is 1. The third-order valence-corrected chi connectivity index (χ3v) is 4.06. The van der Waals surface area contributed by atoms with Crippen LogP contribution in [0.2, 0.25) is 0 Å². The Kier molecular flexibility index (Phi) is 5.07. The van der Waals surface area contributed by atoms with Crippen LogP contribution in [0.1, 0.15) is 6.42 Å². The summed E-state index contributed by atoms with van der Waals surface area (Å²) in [6.07, 6.45) is 0.0704. The zero-order valence-corrected chi connectivity index (χ0v) is 11.7. The molecule has 1 aliphatic heterocycles. The van der Waals surface area contributed by atoms with E-state index in [2.05, 4.69) is 10.6 Å². The van der Waals surface area contributed by atoms with Gasteiger partial charge in [0.1, 0.15) is 5.82 Å². The Hall–Kier alpha value is -1.74. The van der Waals surface area contributed by atoms with Gasteiger partial charge in [0.25, 0.3) is 5.69 Å². The number of rotatable bonds is 4. The highest BCUT2D eigenvalue weighted by Gasteiger charge is 2.24. The van der Waals surface area contributed by atoms with E-state index in [1.54, 1.807) is 11.8 Å². The average molecular weight is 317 g/mol. The molecule has 0 aromatic heterocycles. The SMILES string of the molecule is O=C(CC1CSCCN1)Nc1c(F)cc(F)cc1[N+](=O)[O-]. The lowest BCUT2D eigenvalue weighted by Gasteiger charge is -2.22. The number of nitrogens with one attached hydrogen (secondary N) is 2. The molecule has 1 fully saturated rings. The Morgan fingerprint density at radius 1 is 1.52 bits per heavy atom. The van der Waals surface area contributed by atoms with Gasteiger partial charge < -0.3 is 10.6 Å². The standard InChI is InChI=1S/C12H13F2N3O3S/c13-7-3-9(14)12(10(4-7)17(19)20)16-11(18)5-8-6-21-2-1-15-8/h3-4,8,15H,1-2,5-6H2,(H,16,18). The van der Waals surface area contributed by atoms with Crippen molar-refractivity contribution in [3.63, 3.8) is 0 Å². The van der Waals surface area contributed by atoms with Crippen molar-refractivity contribution < 1.29 is 18.5 Å². The molecule has 9 heteroatoms. The molecule has 6 nitrogen and oxygen atoms in total. The first kappa shape index (κ1) is 15.6. The number of nitro benzene ring substituents is 1. The van der Waals surface area contributed by atoms with Gasteiger partial charge >= 0.3 is 0 Å².